The molecule has 0 saturated heterocycles. The van der Waals surface area contributed by atoms with Crippen LogP contribution in [0.15, 0.2) is 12.3 Å². The van der Waals surface area contributed by atoms with Crippen molar-refractivity contribution in [3.05, 3.63) is 23.4 Å². The van der Waals surface area contributed by atoms with Gasteiger partial charge in [0.25, 0.3) is 0 Å². The smallest absolute Gasteiger partial charge is 0.239 e. The number of hydrogen-bond donors (Lipinski definition) is 2. The third kappa shape index (κ3) is 5.17. The van der Waals surface area contributed by atoms with Crippen LogP contribution in [-0.2, 0) is 11.3 Å². The average molecular weight is 278 g/mol. The molecule has 5 heteroatoms. The molecule has 0 spiro atoms. The quantitative estimate of drug-likeness (QED) is 0.756. The summed E-state index contributed by atoms with van der Waals surface area (Å²) in [4.78, 5) is 18.1. The zero-order valence-electron chi connectivity index (χ0n) is 13.0. The van der Waals surface area contributed by atoms with E-state index in [1.54, 1.807) is 0 Å². The average Bonchev–Trinajstić information content (AvgIpc) is 2.42. The molecule has 0 saturated carbocycles. The number of hydrogen-bond acceptors (Lipinski definition) is 4. The summed E-state index contributed by atoms with van der Waals surface area (Å²) in [5.41, 5.74) is 2.25. The lowest BCUT2D eigenvalue weighted by molar-refractivity contribution is -0.119. The molecule has 20 heavy (non-hydrogen) atoms. The van der Waals surface area contributed by atoms with Crippen LogP contribution in [0.1, 0.15) is 31.4 Å². The van der Waals surface area contributed by atoms with Gasteiger partial charge < -0.3 is 15.5 Å². The van der Waals surface area contributed by atoms with Crippen molar-refractivity contribution >= 4 is 11.7 Å². The second-order valence-electron chi connectivity index (χ2n) is 4.97. The Morgan fingerprint density at radius 1 is 1.40 bits per heavy atom. The number of rotatable bonds is 8. The minimum Gasteiger partial charge on any atom is -0.355 e. The van der Waals surface area contributed by atoms with E-state index < -0.39 is 0 Å². The molecule has 0 atom stereocenters. The Kier molecular flexibility index (Phi) is 7.01. The molecule has 0 aliphatic rings. The Labute approximate surface area is 121 Å². The summed E-state index contributed by atoms with van der Waals surface area (Å²) in [6.07, 6.45) is 2.82. The van der Waals surface area contributed by atoms with Crippen LogP contribution in [0.25, 0.3) is 0 Å². The summed E-state index contributed by atoms with van der Waals surface area (Å²) in [5.74, 6) is 0.893. The second kappa shape index (κ2) is 8.53. The molecular formula is C15H26N4O. The first-order chi connectivity index (χ1) is 9.58. The van der Waals surface area contributed by atoms with E-state index in [9.17, 15) is 4.79 Å². The van der Waals surface area contributed by atoms with E-state index in [4.69, 9.17) is 0 Å². The second-order valence-corrected chi connectivity index (χ2v) is 4.97. The lowest BCUT2D eigenvalue weighted by atomic mass is 10.2. The van der Waals surface area contributed by atoms with Gasteiger partial charge in [-0.05, 0) is 37.1 Å². The fourth-order valence-corrected chi connectivity index (χ4v) is 2.00. The van der Waals surface area contributed by atoms with E-state index in [-0.39, 0.29) is 5.91 Å². The molecule has 0 aliphatic carbocycles. The number of aromatic nitrogens is 1. The van der Waals surface area contributed by atoms with E-state index in [1.807, 2.05) is 32.0 Å². The zero-order valence-corrected chi connectivity index (χ0v) is 13.0. The van der Waals surface area contributed by atoms with Crippen molar-refractivity contribution in [2.24, 2.45) is 0 Å². The normalized spacial score (nSPS) is 10.4. The van der Waals surface area contributed by atoms with Gasteiger partial charge in [0.05, 0.1) is 6.54 Å². The van der Waals surface area contributed by atoms with Crippen molar-refractivity contribution < 1.29 is 4.79 Å². The molecule has 1 amide bonds. The summed E-state index contributed by atoms with van der Waals surface area (Å²) in [5, 5.41) is 6.15. The van der Waals surface area contributed by atoms with Crippen molar-refractivity contribution in [3.63, 3.8) is 0 Å². The van der Waals surface area contributed by atoms with Gasteiger partial charge in [-0.2, -0.15) is 0 Å². The fourth-order valence-electron chi connectivity index (χ4n) is 2.00. The Bertz CT molecular complexity index is 434. The maximum atomic E-state index is 11.7. The molecule has 0 fully saturated rings. The van der Waals surface area contributed by atoms with E-state index in [0.717, 1.165) is 43.0 Å². The predicted molar refractivity (Wildman–Crippen MR) is 82.9 cm³/mol. The number of carbonyl (C=O) groups is 1. The molecule has 0 aliphatic heterocycles. The highest BCUT2D eigenvalue weighted by Gasteiger charge is 2.10. The van der Waals surface area contributed by atoms with Gasteiger partial charge in [-0.25, -0.2) is 4.98 Å². The number of pyridine rings is 1. The maximum Gasteiger partial charge on any atom is 0.239 e. The number of amides is 1. The van der Waals surface area contributed by atoms with Crippen LogP contribution in [-0.4, -0.2) is 37.6 Å². The molecule has 2 N–H and O–H groups in total. The Morgan fingerprint density at radius 2 is 2.15 bits per heavy atom. The van der Waals surface area contributed by atoms with E-state index in [2.05, 4.69) is 28.6 Å². The summed E-state index contributed by atoms with van der Waals surface area (Å²) in [6.45, 7) is 8.97. The zero-order chi connectivity index (χ0) is 15.0. The molecule has 0 unspecified atom stereocenters. The summed E-state index contributed by atoms with van der Waals surface area (Å²) in [7, 11) is 1.89. The van der Waals surface area contributed by atoms with Crippen LogP contribution in [0.5, 0.6) is 0 Å². The van der Waals surface area contributed by atoms with Crippen molar-refractivity contribution in [3.8, 4) is 0 Å². The van der Waals surface area contributed by atoms with Crippen molar-refractivity contribution in [1.29, 1.82) is 0 Å². The van der Waals surface area contributed by atoms with E-state index in [1.165, 1.54) is 0 Å². The molecule has 5 nitrogen and oxygen atoms in total. The van der Waals surface area contributed by atoms with Gasteiger partial charge in [-0.15, -0.1) is 0 Å². The molecule has 1 aromatic heterocycles. The SMILES string of the molecule is CCCNC(=O)CN(C)c1ncc(CNCC)cc1C. The minimum absolute atomic E-state index is 0.0345. The standard InChI is InChI=1S/C15H26N4O/c1-5-7-17-14(20)11-19(4)15-12(3)8-13(10-18-15)9-16-6-2/h8,10,16H,5-7,9,11H2,1-4H3,(H,17,20). The summed E-state index contributed by atoms with van der Waals surface area (Å²) < 4.78 is 0. The van der Waals surface area contributed by atoms with Crippen LogP contribution in [0, 0.1) is 6.92 Å². The van der Waals surface area contributed by atoms with Crippen LogP contribution in [0.4, 0.5) is 5.82 Å². The Balaban J connectivity index is 2.63. The maximum absolute atomic E-state index is 11.7. The number of aryl methyl sites for hydroxylation is 1. The number of nitrogens with one attached hydrogen (secondary N) is 2. The van der Waals surface area contributed by atoms with Gasteiger partial charge in [-0.3, -0.25) is 4.79 Å². The van der Waals surface area contributed by atoms with Gasteiger partial charge >= 0.3 is 0 Å². The molecule has 1 aromatic rings. The van der Waals surface area contributed by atoms with Gasteiger partial charge in [0, 0.05) is 26.3 Å². The van der Waals surface area contributed by atoms with Crippen LogP contribution >= 0.6 is 0 Å². The van der Waals surface area contributed by atoms with E-state index >= 15 is 0 Å². The molecule has 0 radical (unpaired) electrons. The summed E-state index contributed by atoms with van der Waals surface area (Å²) >= 11 is 0. The Hall–Kier alpha value is -1.62. The monoisotopic (exact) mass is 278 g/mol. The first-order valence-electron chi connectivity index (χ1n) is 7.22. The van der Waals surface area contributed by atoms with Crippen LogP contribution in [0.3, 0.4) is 0 Å². The summed E-state index contributed by atoms with van der Waals surface area (Å²) in [6, 6.07) is 2.12. The third-order valence-corrected chi connectivity index (χ3v) is 3.00. The molecule has 112 valence electrons. The van der Waals surface area contributed by atoms with Crippen molar-refractivity contribution in [2.45, 2.75) is 33.7 Å². The molecule has 1 rings (SSSR count). The van der Waals surface area contributed by atoms with Crippen LogP contribution in [0.2, 0.25) is 0 Å². The molecule has 0 bridgehead atoms. The van der Waals surface area contributed by atoms with Crippen molar-refractivity contribution in [1.82, 2.24) is 15.6 Å². The topological polar surface area (TPSA) is 57.3 Å². The van der Waals surface area contributed by atoms with E-state index in [0.29, 0.717) is 6.54 Å². The highest BCUT2D eigenvalue weighted by atomic mass is 16.2. The molecular weight excluding hydrogens is 252 g/mol. The number of likely N-dealkylation sites (N-methyl/N-ethyl adjacent to an activating group) is 1. The first-order valence-corrected chi connectivity index (χ1v) is 7.22. The predicted octanol–water partition coefficient (Wildman–Crippen LogP) is 1.46. The number of nitrogens with zero attached hydrogens (tertiary/aromatic N) is 2. The molecule has 1 heterocycles. The largest absolute Gasteiger partial charge is 0.355 e. The van der Waals surface area contributed by atoms with Crippen molar-refractivity contribution in [2.75, 3.05) is 31.6 Å². The highest BCUT2D eigenvalue weighted by Crippen LogP contribution is 2.16. The molecule has 0 aromatic carbocycles. The van der Waals surface area contributed by atoms with Gasteiger partial charge in [-0.1, -0.05) is 13.8 Å². The lowest BCUT2D eigenvalue weighted by Crippen LogP contribution is -2.36. The fraction of sp³-hybridized carbons (Fsp3) is 0.600. The highest BCUT2D eigenvalue weighted by molar-refractivity contribution is 5.81. The minimum atomic E-state index is 0.0345. The number of carbonyl (C=O) groups excluding carboxylic acids is 1. The first kappa shape index (κ1) is 16.4. The van der Waals surface area contributed by atoms with Crippen LogP contribution < -0.4 is 15.5 Å². The van der Waals surface area contributed by atoms with Gasteiger partial charge in [0.15, 0.2) is 0 Å². The number of anilines is 1. The van der Waals surface area contributed by atoms with Gasteiger partial charge in [0.1, 0.15) is 5.82 Å². The third-order valence-electron chi connectivity index (χ3n) is 3.00. The lowest BCUT2D eigenvalue weighted by Gasteiger charge is -2.20. The van der Waals surface area contributed by atoms with Gasteiger partial charge in [0.2, 0.25) is 5.91 Å². The Morgan fingerprint density at radius 3 is 2.75 bits per heavy atom.